The van der Waals surface area contributed by atoms with Gasteiger partial charge in [-0.15, -0.1) is 0 Å². The molecule has 0 aliphatic carbocycles. The second-order valence-corrected chi connectivity index (χ2v) is 5.11. The minimum absolute atomic E-state index is 0.966. The van der Waals surface area contributed by atoms with E-state index in [2.05, 4.69) is 34.5 Å². The third-order valence-corrected chi connectivity index (χ3v) is 3.26. The fourth-order valence-corrected chi connectivity index (χ4v) is 2.14. The van der Waals surface area contributed by atoms with Crippen molar-refractivity contribution in [3.05, 3.63) is 18.1 Å². The summed E-state index contributed by atoms with van der Waals surface area (Å²) in [4.78, 5) is 8.47. The van der Waals surface area contributed by atoms with Crippen molar-refractivity contribution in [3.8, 4) is 0 Å². The number of aromatic nitrogens is 2. The standard InChI is InChI=1S/C13H23N3S/c1-3-7-12-10-13(16-11-15-12)14-8-5-4-6-9-17-2/h10-11H,3-9H2,1-2H3,(H,14,15,16). The van der Waals surface area contributed by atoms with Gasteiger partial charge in [0, 0.05) is 18.3 Å². The highest BCUT2D eigenvalue weighted by molar-refractivity contribution is 7.98. The van der Waals surface area contributed by atoms with E-state index in [0.717, 1.165) is 30.9 Å². The molecule has 0 unspecified atom stereocenters. The van der Waals surface area contributed by atoms with Gasteiger partial charge in [-0.25, -0.2) is 9.97 Å². The fraction of sp³-hybridized carbons (Fsp3) is 0.692. The molecule has 0 bridgehead atoms. The molecule has 0 amide bonds. The van der Waals surface area contributed by atoms with Gasteiger partial charge in [-0.2, -0.15) is 11.8 Å². The summed E-state index contributed by atoms with van der Waals surface area (Å²) in [6.07, 6.45) is 9.80. The molecule has 3 nitrogen and oxygen atoms in total. The molecule has 0 atom stereocenters. The van der Waals surface area contributed by atoms with Gasteiger partial charge in [-0.1, -0.05) is 19.8 Å². The molecule has 0 radical (unpaired) electrons. The number of thioether (sulfide) groups is 1. The van der Waals surface area contributed by atoms with E-state index in [1.54, 1.807) is 6.33 Å². The highest BCUT2D eigenvalue weighted by Gasteiger charge is 1.97. The summed E-state index contributed by atoms with van der Waals surface area (Å²) in [7, 11) is 0. The van der Waals surface area contributed by atoms with E-state index >= 15 is 0 Å². The van der Waals surface area contributed by atoms with Crippen LogP contribution in [0.15, 0.2) is 12.4 Å². The Morgan fingerprint density at radius 3 is 2.88 bits per heavy atom. The number of rotatable bonds is 9. The molecule has 0 saturated carbocycles. The maximum absolute atomic E-state index is 4.24. The number of hydrogen-bond acceptors (Lipinski definition) is 4. The third-order valence-electron chi connectivity index (χ3n) is 2.56. The number of nitrogens with zero attached hydrogens (tertiary/aromatic N) is 2. The first kappa shape index (κ1) is 14.3. The van der Waals surface area contributed by atoms with Crippen LogP contribution in [0.3, 0.4) is 0 Å². The van der Waals surface area contributed by atoms with Crippen LogP contribution in [0, 0.1) is 0 Å². The minimum atomic E-state index is 0.966. The SMILES string of the molecule is CCCc1cc(NCCCCCSC)ncn1. The molecule has 0 fully saturated rings. The Balaban J connectivity index is 2.19. The Bertz CT molecular complexity index is 304. The molecule has 4 heteroatoms. The van der Waals surface area contributed by atoms with E-state index in [9.17, 15) is 0 Å². The van der Waals surface area contributed by atoms with Crippen molar-refractivity contribution in [1.82, 2.24) is 9.97 Å². The number of anilines is 1. The molecule has 0 aliphatic heterocycles. The summed E-state index contributed by atoms with van der Waals surface area (Å²) in [5, 5.41) is 3.36. The Labute approximate surface area is 109 Å². The van der Waals surface area contributed by atoms with Crippen LogP contribution >= 0.6 is 11.8 Å². The smallest absolute Gasteiger partial charge is 0.129 e. The first-order valence-electron chi connectivity index (χ1n) is 6.40. The van der Waals surface area contributed by atoms with Crippen LogP contribution in [-0.4, -0.2) is 28.5 Å². The molecule has 1 rings (SSSR count). The quantitative estimate of drug-likeness (QED) is 0.685. The van der Waals surface area contributed by atoms with Gasteiger partial charge < -0.3 is 5.32 Å². The van der Waals surface area contributed by atoms with Gasteiger partial charge in [0.05, 0.1) is 0 Å². The first-order valence-corrected chi connectivity index (χ1v) is 7.80. The zero-order valence-electron chi connectivity index (χ0n) is 10.9. The van der Waals surface area contributed by atoms with E-state index < -0.39 is 0 Å². The zero-order chi connectivity index (χ0) is 12.3. The van der Waals surface area contributed by atoms with Crippen molar-refractivity contribution in [2.24, 2.45) is 0 Å². The highest BCUT2D eigenvalue weighted by atomic mass is 32.2. The molecular formula is C13H23N3S. The lowest BCUT2D eigenvalue weighted by Crippen LogP contribution is -2.04. The average Bonchev–Trinajstić information content (AvgIpc) is 2.35. The molecule has 1 aromatic rings. The van der Waals surface area contributed by atoms with E-state index in [-0.39, 0.29) is 0 Å². The summed E-state index contributed by atoms with van der Waals surface area (Å²) < 4.78 is 0. The molecule has 1 heterocycles. The van der Waals surface area contributed by atoms with Gasteiger partial charge in [-0.05, 0) is 31.3 Å². The lowest BCUT2D eigenvalue weighted by atomic mass is 10.2. The van der Waals surface area contributed by atoms with Crippen molar-refractivity contribution >= 4 is 17.6 Å². The molecule has 0 spiro atoms. The van der Waals surface area contributed by atoms with Gasteiger partial charge >= 0.3 is 0 Å². The van der Waals surface area contributed by atoms with Crippen LogP contribution in [0.25, 0.3) is 0 Å². The summed E-state index contributed by atoms with van der Waals surface area (Å²) >= 11 is 1.92. The van der Waals surface area contributed by atoms with Crippen molar-refractivity contribution in [1.29, 1.82) is 0 Å². The van der Waals surface area contributed by atoms with Gasteiger partial charge in [0.1, 0.15) is 12.1 Å². The number of aryl methyl sites for hydroxylation is 1. The van der Waals surface area contributed by atoms with Gasteiger partial charge in [0.2, 0.25) is 0 Å². The molecule has 0 saturated heterocycles. The zero-order valence-corrected chi connectivity index (χ0v) is 11.7. The Kier molecular flexibility index (Phi) is 7.80. The van der Waals surface area contributed by atoms with Gasteiger partial charge in [0.15, 0.2) is 0 Å². The topological polar surface area (TPSA) is 37.8 Å². The number of hydrogen-bond donors (Lipinski definition) is 1. The van der Waals surface area contributed by atoms with Crippen molar-refractivity contribution in [2.45, 2.75) is 39.0 Å². The predicted molar refractivity (Wildman–Crippen MR) is 76.7 cm³/mol. The summed E-state index contributed by atoms with van der Waals surface area (Å²) in [5.74, 6) is 2.24. The largest absolute Gasteiger partial charge is 0.370 e. The van der Waals surface area contributed by atoms with Crippen LogP contribution in [-0.2, 0) is 6.42 Å². The molecule has 1 aromatic heterocycles. The molecule has 1 N–H and O–H groups in total. The first-order chi connectivity index (χ1) is 8.36. The highest BCUT2D eigenvalue weighted by Crippen LogP contribution is 2.07. The van der Waals surface area contributed by atoms with Crippen LogP contribution < -0.4 is 5.32 Å². The van der Waals surface area contributed by atoms with E-state index in [1.807, 2.05) is 11.8 Å². The molecule has 0 aromatic carbocycles. The average molecular weight is 253 g/mol. The fourth-order valence-electron chi connectivity index (χ4n) is 1.65. The van der Waals surface area contributed by atoms with Crippen molar-refractivity contribution in [3.63, 3.8) is 0 Å². The summed E-state index contributed by atoms with van der Waals surface area (Å²) in [6, 6.07) is 2.06. The van der Waals surface area contributed by atoms with Crippen LogP contribution in [0.5, 0.6) is 0 Å². The second-order valence-electron chi connectivity index (χ2n) is 4.12. The Hall–Kier alpha value is -0.770. The molecule has 96 valence electrons. The van der Waals surface area contributed by atoms with Crippen LogP contribution in [0.1, 0.15) is 38.3 Å². The Morgan fingerprint density at radius 1 is 1.24 bits per heavy atom. The minimum Gasteiger partial charge on any atom is -0.370 e. The van der Waals surface area contributed by atoms with E-state index in [0.29, 0.717) is 0 Å². The normalized spacial score (nSPS) is 10.5. The van der Waals surface area contributed by atoms with Crippen molar-refractivity contribution in [2.75, 3.05) is 23.9 Å². The van der Waals surface area contributed by atoms with E-state index in [1.165, 1.54) is 25.0 Å². The van der Waals surface area contributed by atoms with Gasteiger partial charge in [0.25, 0.3) is 0 Å². The second kappa shape index (κ2) is 9.28. The predicted octanol–water partition coefficient (Wildman–Crippen LogP) is 3.37. The van der Waals surface area contributed by atoms with Crippen LogP contribution in [0.4, 0.5) is 5.82 Å². The summed E-state index contributed by atoms with van der Waals surface area (Å²) in [6.45, 7) is 3.18. The maximum Gasteiger partial charge on any atom is 0.129 e. The molecule has 0 aliphatic rings. The van der Waals surface area contributed by atoms with Crippen LogP contribution in [0.2, 0.25) is 0 Å². The maximum atomic E-state index is 4.24. The number of nitrogens with one attached hydrogen (secondary N) is 1. The van der Waals surface area contributed by atoms with Gasteiger partial charge in [-0.3, -0.25) is 0 Å². The molecule has 17 heavy (non-hydrogen) atoms. The summed E-state index contributed by atoms with van der Waals surface area (Å²) in [5.41, 5.74) is 1.13. The third kappa shape index (κ3) is 6.51. The number of unbranched alkanes of at least 4 members (excludes halogenated alkanes) is 2. The monoisotopic (exact) mass is 253 g/mol. The lowest BCUT2D eigenvalue weighted by Gasteiger charge is -2.06. The van der Waals surface area contributed by atoms with E-state index in [4.69, 9.17) is 0 Å². The lowest BCUT2D eigenvalue weighted by molar-refractivity contribution is 0.747. The Morgan fingerprint density at radius 2 is 2.12 bits per heavy atom. The van der Waals surface area contributed by atoms with Crippen molar-refractivity contribution < 1.29 is 0 Å². The molecular weight excluding hydrogens is 230 g/mol.